The van der Waals surface area contributed by atoms with Gasteiger partial charge in [-0.25, -0.2) is 0 Å². The van der Waals surface area contributed by atoms with Crippen molar-refractivity contribution >= 4 is 40.7 Å². The second-order valence-electron chi connectivity index (χ2n) is 4.43. The Morgan fingerprint density at radius 2 is 1.95 bits per heavy atom. The van der Waals surface area contributed by atoms with E-state index in [1.165, 1.54) is 0 Å². The molecular weight excluding hydrogens is 303 g/mol. The Morgan fingerprint density at radius 3 is 2.55 bits per heavy atom. The molecule has 0 bridgehead atoms. The van der Waals surface area contributed by atoms with E-state index < -0.39 is 6.10 Å². The summed E-state index contributed by atoms with van der Waals surface area (Å²) >= 11 is 11.7. The lowest BCUT2D eigenvalue weighted by molar-refractivity contribution is -0.131. The summed E-state index contributed by atoms with van der Waals surface area (Å²) in [4.78, 5) is 23.4. The molecule has 7 heteroatoms. The highest BCUT2D eigenvalue weighted by atomic mass is 35.5. The van der Waals surface area contributed by atoms with Crippen LogP contribution in [0.5, 0.6) is 0 Å². The van der Waals surface area contributed by atoms with E-state index in [2.05, 4.69) is 10.6 Å². The van der Waals surface area contributed by atoms with Crippen molar-refractivity contribution < 1.29 is 14.3 Å². The van der Waals surface area contributed by atoms with Gasteiger partial charge in [-0.15, -0.1) is 0 Å². The van der Waals surface area contributed by atoms with Crippen molar-refractivity contribution in [3.05, 3.63) is 28.2 Å². The topological polar surface area (TPSA) is 67.4 Å². The normalized spacial score (nSPS) is 17.8. The second kappa shape index (κ2) is 6.92. The molecule has 1 aliphatic rings. The lowest BCUT2D eigenvalue weighted by atomic mass is 10.2. The molecule has 1 unspecified atom stereocenters. The van der Waals surface area contributed by atoms with Crippen LogP contribution in [-0.4, -0.2) is 31.1 Å². The van der Waals surface area contributed by atoms with Gasteiger partial charge in [-0.2, -0.15) is 0 Å². The van der Waals surface area contributed by atoms with E-state index in [1.807, 2.05) is 0 Å². The van der Waals surface area contributed by atoms with Crippen molar-refractivity contribution in [2.24, 2.45) is 0 Å². The highest BCUT2D eigenvalue weighted by molar-refractivity contribution is 6.35. The predicted octanol–water partition coefficient (Wildman–Crippen LogP) is 2.23. The molecule has 2 rings (SSSR count). The third-order valence-electron chi connectivity index (χ3n) is 2.79. The van der Waals surface area contributed by atoms with E-state index >= 15 is 0 Å². The average molecular weight is 317 g/mol. The first-order chi connectivity index (χ1) is 9.54. The lowest BCUT2D eigenvalue weighted by Gasteiger charge is -2.11. The zero-order valence-corrected chi connectivity index (χ0v) is 12.1. The number of benzene rings is 1. The standard InChI is InChI=1S/C13H14Cl2N2O3/c14-8-4-9(15)6-10(5-8)17-12(18)7-16-13(19)11-2-1-3-20-11/h4-6,11H,1-3,7H2,(H,16,19)(H,17,18). The molecule has 5 nitrogen and oxygen atoms in total. The van der Waals surface area contributed by atoms with E-state index in [4.69, 9.17) is 27.9 Å². The number of nitrogens with one attached hydrogen (secondary N) is 2. The summed E-state index contributed by atoms with van der Waals surface area (Å²) in [6, 6.07) is 4.72. The van der Waals surface area contributed by atoms with E-state index in [9.17, 15) is 9.59 Å². The minimum absolute atomic E-state index is 0.122. The van der Waals surface area contributed by atoms with Crippen LogP contribution in [0.25, 0.3) is 0 Å². The number of ether oxygens (including phenoxy) is 1. The zero-order valence-electron chi connectivity index (χ0n) is 10.6. The Hall–Kier alpha value is -1.30. The minimum atomic E-state index is -0.441. The molecule has 0 saturated carbocycles. The summed E-state index contributed by atoms with van der Waals surface area (Å²) in [5.74, 6) is -0.614. The summed E-state index contributed by atoms with van der Waals surface area (Å²) in [5, 5.41) is 5.99. The van der Waals surface area contributed by atoms with Crippen molar-refractivity contribution in [2.45, 2.75) is 18.9 Å². The molecule has 1 heterocycles. The van der Waals surface area contributed by atoms with Gasteiger partial charge in [0.15, 0.2) is 0 Å². The fourth-order valence-electron chi connectivity index (χ4n) is 1.90. The van der Waals surface area contributed by atoms with Gasteiger partial charge < -0.3 is 15.4 Å². The lowest BCUT2D eigenvalue weighted by Crippen LogP contribution is -2.39. The van der Waals surface area contributed by atoms with Crippen LogP contribution < -0.4 is 10.6 Å². The third-order valence-corrected chi connectivity index (χ3v) is 3.23. The van der Waals surface area contributed by atoms with Gasteiger partial charge in [0.25, 0.3) is 0 Å². The molecule has 0 spiro atoms. The molecule has 20 heavy (non-hydrogen) atoms. The SMILES string of the molecule is O=C(CNC(=O)C1CCCO1)Nc1cc(Cl)cc(Cl)c1. The van der Waals surface area contributed by atoms with Crippen LogP contribution in [0.15, 0.2) is 18.2 Å². The first kappa shape index (κ1) is 15.1. The predicted molar refractivity (Wildman–Crippen MR) is 77.1 cm³/mol. The molecule has 1 aromatic carbocycles. The number of carbonyl (C=O) groups is 2. The summed E-state index contributed by atoms with van der Waals surface area (Å²) in [6.07, 6.45) is 1.12. The van der Waals surface area contributed by atoms with Gasteiger partial charge in [0.2, 0.25) is 11.8 Å². The first-order valence-corrected chi connectivity index (χ1v) is 6.95. The molecule has 0 aliphatic carbocycles. The molecule has 2 amide bonds. The molecule has 1 aliphatic heterocycles. The molecule has 0 aromatic heterocycles. The van der Waals surface area contributed by atoms with Crippen LogP contribution in [0.2, 0.25) is 10.0 Å². The number of hydrogen-bond acceptors (Lipinski definition) is 3. The molecular formula is C13H14Cl2N2O3. The Bertz CT molecular complexity index is 496. The van der Waals surface area contributed by atoms with Gasteiger partial charge in [0.1, 0.15) is 6.10 Å². The summed E-state index contributed by atoms with van der Waals surface area (Å²) in [6.45, 7) is 0.466. The van der Waals surface area contributed by atoms with Crippen molar-refractivity contribution in [3.63, 3.8) is 0 Å². The highest BCUT2D eigenvalue weighted by Gasteiger charge is 2.23. The van der Waals surface area contributed by atoms with Crippen LogP contribution in [0.4, 0.5) is 5.69 Å². The van der Waals surface area contributed by atoms with E-state index in [-0.39, 0.29) is 18.4 Å². The van der Waals surface area contributed by atoms with E-state index in [1.54, 1.807) is 18.2 Å². The monoisotopic (exact) mass is 316 g/mol. The molecule has 1 saturated heterocycles. The quantitative estimate of drug-likeness (QED) is 0.895. The van der Waals surface area contributed by atoms with Crippen LogP contribution in [0, 0.1) is 0 Å². The highest BCUT2D eigenvalue weighted by Crippen LogP contribution is 2.22. The molecule has 1 atom stereocenters. The number of anilines is 1. The Morgan fingerprint density at radius 1 is 1.25 bits per heavy atom. The van der Waals surface area contributed by atoms with Crippen LogP contribution in [-0.2, 0) is 14.3 Å². The number of carbonyl (C=O) groups excluding carboxylic acids is 2. The fourth-order valence-corrected chi connectivity index (χ4v) is 2.42. The Balaban J connectivity index is 1.81. The zero-order chi connectivity index (χ0) is 14.5. The van der Waals surface area contributed by atoms with Crippen LogP contribution in [0.1, 0.15) is 12.8 Å². The third kappa shape index (κ3) is 4.37. The van der Waals surface area contributed by atoms with Gasteiger partial charge in [-0.05, 0) is 31.0 Å². The molecule has 0 radical (unpaired) electrons. The van der Waals surface area contributed by atoms with Crippen molar-refractivity contribution in [3.8, 4) is 0 Å². The molecule has 1 aromatic rings. The fraction of sp³-hybridized carbons (Fsp3) is 0.385. The maximum atomic E-state index is 11.7. The van der Waals surface area contributed by atoms with Gasteiger partial charge in [-0.1, -0.05) is 23.2 Å². The summed E-state index contributed by atoms with van der Waals surface area (Å²) < 4.78 is 5.22. The number of rotatable bonds is 4. The summed E-state index contributed by atoms with van der Waals surface area (Å²) in [7, 11) is 0. The molecule has 2 N–H and O–H groups in total. The maximum Gasteiger partial charge on any atom is 0.249 e. The van der Waals surface area contributed by atoms with Crippen LogP contribution >= 0.6 is 23.2 Å². The van der Waals surface area contributed by atoms with E-state index in [0.717, 1.165) is 6.42 Å². The minimum Gasteiger partial charge on any atom is -0.368 e. The number of hydrogen-bond donors (Lipinski definition) is 2. The van der Waals surface area contributed by atoms with Gasteiger partial charge in [0.05, 0.1) is 6.54 Å². The van der Waals surface area contributed by atoms with E-state index in [0.29, 0.717) is 28.8 Å². The Kier molecular flexibility index (Phi) is 5.23. The average Bonchev–Trinajstić information content (AvgIpc) is 2.88. The smallest absolute Gasteiger partial charge is 0.249 e. The summed E-state index contributed by atoms with van der Waals surface area (Å²) in [5.41, 5.74) is 0.485. The number of amides is 2. The van der Waals surface area contributed by atoms with Crippen molar-refractivity contribution in [1.82, 2.24) is 5.32 Å². The van der Waals surface area contributed by atoms with Crippen molar-refractivity contribution in [1.29, 1.82) is 0 Å². The molecule has 108 valence electrons. The van der Waals surface area contributed by atoms with Crippen LogP contribution in [0.3, 0.4) is 0 Å². The van der Waals surface area contributed by atoms with Gasteiger partial charge in [-0.3, -0.25) is 9.59 Å². The van der Waals surface area contributed by atoms with Gasteiger partial charge >= 0.3 is 0 Å². The maximum absolute atomic E-state index is 11.7. The Labute approximate surface area is 126 Å². The largest absolute Gasteiger partial charge is 0.368 e. The van der Waals surface area contributed by atoms with Gasteiger partial charge in [0, 0.05) is 22.3 Å². The van der Waals surface area contributed by atoms with Crippen molar-refractivity contribution in [2.75, 3.05) is 18.5 Å². The second-order valence-corrected chi connectivity index (χ2v) is 5.30. The molecule has 1 fully saturated rings. The number of halogens is 2. The first-order valence-electron chi connectivity index (χ1n) is 6.20.